The van der Waals surface area contributed by atoms with Crippen LogP contribution >= 0.6 is 15.9 Å². The normalized spacial score (nSPS) is 19.2. The van der Waals surface area contributed by atoms with Crippen molar-refractivity contribution in [3.8, 4) is 0 Å². The fourth-order valence-electron chi connectivity index (χ4n) is 2.31. The monoisotopic (exact) mass is 338 g/mol. The average molecular weight is 339 g/mol. The van der Waals surface area contributed by atoms with Gasteiger partial charge in [-0.1, -0.05) is 15.9 Å². The second-order valence-corrected chi connectivity index (χ2v) is 5.17. The van der Waals surface area contributed by atoms with Crippen LogP contribution in [0.15, 0.2) is 16.6 Å². The van der Waals surface area contributed by atoms with E-state index in [1.165, 1.54) is 11.0 Å². The number of hydrogen-bond acceptors (Lipinski definition) is 3. The zero-order valence-corrected chi connectivity index (χ0v) is 11.2. The van der Waals surface area contributed by atoms with Crippen molar-refractivity contribution in [3.63, 3.8) is 0 Å². The smallest absolute Gasteiger partial charge is 0.327 e. The minimum Gasteiger partial charge on any atom is -0.357 e. The van der Waals surface area contributed by atoms with E-state index in [4.69, 9.17) is 0 Å². The van der Waals surface area contributed by atoms with Crippen LogP contribution in [0.3, 0.4) is 0 Å². The van der Waals surface area contributed by atoms with E-state index in [9.17, 15) is 23.3 Å². The van der Waals surface area contributed by atoms with Gasteiger partial charge in [0.1, 0.15) is 5.69 Å². The first-order valence-corrected chi connectivity index (χ1v) is 6.39. The molecule has 1 aromatic rings. The standard InChI is InChI=1S/C11H10BrF3N2O2/c12-6-4-7(13)10(17(18)19)9(5-6)16-3-1-2-8(16)11(14)15/h4-5,8,11H,1-3H2/t8-/m0/s1. The van der Waals surface area contributed by atoms with Crippen LogP contribution in [-0.2, 0) is 0 Å². The summed E-state index contributed by atoms with van der Waals surface area (Å²) < 4.78 is 39.7. The molecule has 104 valence electrons. The number of benzene rings is 1. The molecular formula is C11H10BrF3N2O2. The van der Waals surface area contributed by atoms with Gasteiger partial charge >= 0.3 is 5.69 Å². The molecule has 1 saturated heterocycles. The SMILES string of the molecule is O=[N+]([O-])c1c(F)cc(Br)cc1N1CCC[C@H]1C(F)F. The van der Waals surface area contributed by atoms with E-state index < -0.39 is 28.9 Å². The number of hydrogen-bond donors (Lipinski definition) is 0. The summed E-state index contributed by atoms with van der Waals surface area (Å²) in [5, 5.41) is 10.9. The Balaban J connectivity index is 2.51. The highest BCUT2D eigenvalue weighted by atomic mass is 79.9. The van der Waals surface area contributed by atoms with E-state index in [1.807, 2.05) is 0 Å². The summed E-state index contributed by atoms with van der Waals surface area (Å²) in [6.45, 7) is 0.256. The highest BCUT2D eigenvalue weighted by Gasteiger charge is 2.36. The lowest BCUT2D eigenvalue weighted by atomic mass is 10.2. The molecule has 0 aliphatic carbocycles. The Morgan fingerprint density at radius 1 is 1.47 bits per heavy atom. The number of nitrogens with zero attached hydrogens (tertiary/aromatic N) is 2. The third-order valence-electron chi connectivity index (χ3n) is 3.09. The number of halogens is 4. The van der Waals surface area contributed by atoms with Crippen LogP contribution in [0.4, 0.5) is 24.5 Å². The van der Waals surface area contributed by atoms with Crippen molar-refractivity contribution >= 4 is 27.3 Å². The Labute approximate surface area is 115 Å². The third-order valence-corrected chi connectivity index (χ3v) is 3.55. The fraction of sp³-hybridized carbons (Fsp3) is 0.455. The predicted octanol–water partition coefficient (Wildman–Crippen LogP) is 3.73. The molecule has 1 aromatic carbocycles. The molecule has 4 nitrogen and oxygen atoms in total. The summed E-state index contributed by atoms with van der Waals surface area (Å²) >= 11 is 3.02. The average Bonchev–Trinajstić information content (AvgIpc) is 2.75. The topological polar surface area (TPSA) is 46.4 Å². The van der Waals surface area contributed by atoms with Crippen molar-refractivity contribution in [1.29, 1.82) is 0 Å². The Morgan fingerprint density at radius 2 is 2.16 bits per heavy atom. The lowest BCUT2D eigenvalue weighted by Crippen LogP contribution is -2.35. The van der Waals surface area contributed by atoms with Gasteiger partial charge in [-0.25, -0.2) is 8.78 Å². The van der Waals surface area contributed by atoms with Crippen molar-refractivity contribution in [3.05, 3.63) is 32.5 Å². The van der Waals surface area contributed by atoms with Crippen molar-refractivity contribution in [2.24, 2.45) is 0 Å². The molecule has 1 heterocycles. The van der Waals surface area contributed by atoms with E-state index in [0.29, 0.717) is 6.42 Å². The van der Waals surface area contributed by atoms with E-state index in [-0.39, 0.29) is 23.1 Å². The number of nitro groups is 1. The van der Waals surface area contributed by atoms with Gasteiger partial charge in [0.15, 0.2) is 0 Å². The van der Waals surface area contributed by atoms with E-state index in [0.717, 1.165) is 6.07 Å². The first kappa shape index (κ1) is 14.1. The molecular weight excluding hydrogens is 329 g/mol. The Morgan fingerprint density at radius 3 is 2.74 bits per heavy atom. The summed E-state index contributed by atoms with van der Waals surface area (Å²) in [6, 6.07) is 1.16. The lowest BCUT2D eigenvalue weighted by molar-refractivity contribution is -0.386. The third kappa shape index (κ3) is 2.68. The molecule has 2 rings (SSSR count). The maximum atomic E-state index is 13.7. The molecule has 1 fully saturated rings. The first-order chi connectivity index (χ1) is 8.91. The molecule has 0 aromatic heterocycles. The van der Waals surface area contributed by atoms with Crippen LogP contribution in [0.1, 0.15) is 12.8 Å². The highest BCUT2D eigenvalue weighted by molar-refractivity contribution is 9.10. The van der Waals surface area contributed by atoms with Gasteiger partial charge in [-0.3, -0.25) is 10.1 Å². The Bertz CT molecular complexity index is 513. The van der Waals surface area contributed by atoms with Crippen molar-refractivity contribution < 1.29 is 18.1 Å². The van der Waals surface area contributed by atoms with Gasteiger partial charge in [0.25, 0.3) is 6.43 Å². The Hall–Kier alpha value is -1.31. The van der Waals surface area contributed by atoms with Crippen molar-refractivity contribution in [2.75, 3.05) is 11.4 Å². The van der Waals surface area contributed by atoms with Gasteiger partial charge in [-0.05, 0) is 25.0 Å². The predicted molar refractivity (Wildman–Crippen MR) is 67.1 cm³/mol. The van der Waals surface area contributed by atoms with Crippen LogP contribution in [0, 0.1) is 15.9 Å². The van der Waals surface area contributed by atoms with Gasteiger partial charge in [-0.15, -0.1) is 0 Å². The van der Waals surface area contributed by atoms with E-state index >= 15 is 0 Å². The van der Waals surface area contributed by atoms with Crippen molar-refractivity contribution in [1.82, 2.24) is 0 Å². The molecule has 8 heteroatoms. The highest BCUT2D eigenvalue weighted by Crippen LogP contribution is 2.39. The van der Waals surface area contributed by atoms with E-state index in [1.54, 1.807) is 0 Å². The maximum Gasteiger partial charge on any atom is 0.327 e. The summed E-state index contributed by atoms with van der Waals surface area (Å²) in [5.41, 5.74) is -0.851. The summed E-state index contributed by atoms with van der Waals surface area (Å²) in [4.78, 5) is 11.3. The maximum absolute atomic E-state index is 13.7. The molecule has 1 atom stereocenters. The van der Waals surface area contributed by atoms with Gasteiger partial charge in [-0.2, -0.15) is 4.39 Å². The number of rotatable bonds is 3. The van der Waals surface area contributed by atoms with Gasteiger partial charge in [0.05, 0.1) is 11.0 Å². The molecule has 0 saturated carbocycles. The number of nitro benzene ring substituents is 1. The van der Waals surface area contributed by atoms with Gasteiger partial charge in [0, 0.05) is 11.0 Å². The largest absolute Gasteiger partial charge is 0.357 e. The zero-order valence-electron chi connectivity index (χ0n) is 9.65. The molecule has 1 aliphatic rings. The molecule has 0 amide bonds. The number of anilines is 1. The Kier molecular flexibility index (Phi) is 3.98. The minimum absolute atomic E-state index is 0.0975. The van der Waals surface area contributed by atoms with Gasteiger partial charge < -0.3 is 4.90 Å². The van der Waals surface area contributed by atoms with Crippen LogP contribution in [-0.4, -0.2) is 23.9 Å². The summed E-state index contributed by atoms with van der Waals surface area (Å²) in [7, 11) is 0. The van der Waals surface area contributed by atoms with Crippen LogP contribution in [0.5, 0.6) is 0 Å². The minimum atomic E-state index is -2.62. The molecule has 1 aliphatic heterocycles. The molecule has 0 unspecified atom stereocenters. The van der Waals surface area contributed by atoms with Crippen LogP contribution in [0.25, 0.3) is 0 Å². The zero-order chi connectivity index (χ0) is 14.2. The fourth-order valence-corrected chi connectivity index (χ4v) is 2.72. The quantitative estimate of drug-likeness (QED) is 0.623. The van der Waals surface area contributed by atoms with E-state index in [2.05, 4.69) is 15.9 Å². The van der Waals surface area contributed by atoms with Gasteiger partial charge in [0.2, 0.25) is 5.82 Å². The molecule has 0 radical (unpaired) electrons. The summed E-state index contributed by atoms with van der Waals surface area (Å²) in [5.74, 6) is -1.03. The second kappa shape index (κ2) is 5.36. The second-order valence-electron chi connectivity index (χ2n) is 4.25. The first-order valence-electron chi connectivity index (χ1n) is 5.60. The lowest BCUT2D eigenvalue weighted by Gasteiger charge is -2.26. The van der Waals surface area contributed by atoms with Crippen LogP contribution in [0.2, 0.25) is 0 Å². The molecule has 0 spiro atoms. The molecule has 19 heavy (non-hydrogen) atoms. The van der Waals surface area contributed by atoms with Crippen LogP contribution < -0.4 is 4.90 Å². The van der Waals surface area contributed by atoms with Crippen molar-refractivity contribution in [2.45, 2.75) is 25.3 Å². The molecule has 0 N–H and O–H groups in total. The number of alkyl halides is 2. The molecule has 0 bridgehead atoms. The summed E-state index contributed by atoms with van der Waals surface area (Å²) in [6.07, 6.45) is -1.88.